The van der Waals surface area contributed by atoms with Gasteiger partial charge in [0.25, 0.3) is 0 Å². The molecule has 0 aliphatic rings. The van der Waals surface area contributed by atoms with Crippen molar-refractivity contribution in [1.29, 1.82) is 0 Å². The van der Waals surface area contributed by atoms with E-state index in [1.54, 1.807) is 10.9 Å². The lowest BCUT2D eigenvalue weighted by molar-refractivity contribution is 0.803. The summed E-state index contributed by atoms with van der Waals surface area (Å²) in [5.41, 5.74) is 4.16. The maximum atomic E-state index is 4.30. The molecule has 0 unspecified atom stereocenters. The third kappa shape index (κ3) is 2.66. The Hall–Kier alpha value is -2.69. The first-order valence-corrected chi connectivity index (χ1v) is 6.44. The summed E-state index contributed by atoms with van der Waals surface area (Å²) in [6, 6.07) is 12.1. The minimum atomic E-state index is 0.721. The smallest absolute Gasteiger partial charge is 0.0894 e. The van der Waals surface area contributed by atoms with Crippen LogP contribution in [0.1, 0.15) is 11.3 Å². The maximum absolute atomic E-state index is 4.30. The van der Waals surface area contributed by atoms with E-state index in [9.17, 15) is 0 Å². The van der Waals surface area contributed by atoms with E-state index >= 15 is 0 Å². The molecule has 0 aliphatic carbocycles. The molecule has 0 atom stereocenters. The third-order valence-electron chi connectivity index (χ3n) is 3.03. The first kappa shape index (κ1) is 12.3. The number of rotatable bonds is 4. The van der Waals surface area contributed by atoms with Crippen LogP contribution in [0.15, 0.2) is 55.0 Å². The molecule has 0 bridgehead atoms. The van der Waals surface area contributed by atoms with Gasteiger partial charge in [0.1, 0.15) is 0 Å². The standard InChI is InChI=1S/C15H15N5/c1-12-6-7-13(10-16-12)11-17-14-4-2-3-5-15(14)20-9-8-18-19-20/h2-10,17H,11H2,1H3. The zero-order chi connectivity index (χ0) is 13.8. The predicted molar refractivity (Wildman–Crippen MR) is 77.7 cm³/mol. The molecule has 3 rings (SSSR count). The zero-order valence-corrected chi connectivity index (χ0v) is 11.2. The quantitative estimate of drug-likeness (QED) is 0.787. The van der Waals surface area contributed by atoms with Crippen LogP contribution in [0.3, 0.4) is 0 Å². The normalized spacial score (nSPS) is 10.4. The molecule has 5 nitrogen and oxygen atoms in total. The molecule has 0 fully saturated rings. The Labute approximate surface area is 117 Å². The summed E-state index contributed by atoms with van der Waals surface area (Å²) in [7, 11) is 0. The van der Waals surface area contributed by atoms with Gasteiger partial charge in [-0.05, 0) is 30.7 Å². The molecule has 100 valence electrons. The molecule has 5 heteroatoms. The van der Waals surface area contributed by atoms with Crippen LogP contribution in [-0.2, 0) is 6.54 Å². The SMILES string of the molecule is Cc1ccc(CNc2ccccc2-n2ccnn2)cn1. The van der Waals surface area contributed by atoms with Crippen molar-refractivity contribution in [3.63, 3.8) is 0 Å². The van der Waals surface area contributed by atoms with E-state index in [2.05, 4.69) is 26.7 Å². The number of anilines is 1. The van der Waals surface area contributed by atoms with E-state index in [1.165, 1.54) is 0 Å². The van der Waals surface area contributed by atoms with Crippen LogP contribution >= 0.6 is 0 Å². The van der Waals surface area contributed by atoms with Crippen LogP contribution in [0.2, 0.25) is 0 Å². The number of pyridine rings is 1. The largest absolute Gasteiger partial charge is 0.379 e. The molecule has 0 spiro atoms. The summed E-state index contributed by atoms with van der Waals surface area (Å²) in [6.07, 6.45) is 5.38. The van der Waals surface area contributed by atoms with Crippen LogP contribution < -0.4 is 5.32 Å². The van der Waals surface area contributed by atoms with Gasteiger partial charge in [-0.3, -0.25) is 4.98 Å². The highest BCUT2D eigenvalue weighted by Crippen LogP contribution is 2.19. The van der Waals surface area contributed by atoms with Gasteiger partial charge in [0.2, 0.25) is 0 Å². The average Bonchev–Trinajstić information content (AvgIpc) is 3.01. The van der Waals surface area contributed by atoms with Crippen molar-refractivity contribution >= 4 is 5.69 Å². The molecule has 0 radical (unpaired) electrons. The molecule has 0 saturated heterocycles. The van der Waals surface area contributed by atoms with Crippen LogP contribution in [0.25, 0.3) is 5.69 Å². The lowest BCUT2D eigenvalue weighted by Gasteiger charge is -2.11. The Kier molecular flexibility index (Phi) is 3.41. The molecule has 2 aromatic heterocycles. The van der Waals surface area contributed by atoms with Crippen LogP contribution in [0, 0.1) is 6.92 Å². The van der Waals surface area contributed by atoms with Crippen molar-refractivity contribution in [2.75, 3.05) is 5.32 Å². The van der Waals surface area contributed by atoms with E-state index in [1.807, 2.05) is 49.6 Å². The highest BCUT2D eigenvalue weighted by atomic mass is 15.4. The highest BCUT2D eigenvalue weighted by molar-refractivity contribution is 5.60. The van der Waals surface area contributed by atoms with Gasteiger partial charge in [0.05, 0.1) is 23.8 Å². The number of nitrogens with zero attached hydrogens (tertiary/aromatic N) is 4. The second-order valence-electron chi connectivity index (χ2n) is 4.53. The number of para-hydroxylation sites is 2. The minimum Gasteiger partial charge on any atom is -0.379 e. The molecule has 1 N–H and O–H groups in total. The topological polar surface area (TPSA) is 55.6 Å². The number of nitrogens with one attached hydrogen (secondary N) is 1. The molecule has 3 aromatic rings. The van der Waals surface area contributed by atoms with E-state index in [0.29, 0.717) is 0 Å². The van der Waals surface area contributed by atoms with Gasteiger partial charge in [0, 0.05) is 18.4 Å². The van der Waals surface area contributed by atoms with E-state index < -0.39 is 0 Å². The Morgan fingerprint density at radius 2 is 2.05 bits per heavy atom. The monoisotopic (exact) mass is 265 g/mol. The molecule has 2 heterocycles. The number of benzene rings is 1. The number of aromatic nitrogens is 4. The van der Waals surface area contributed by atoms with Gasteiger partial charge >= 0.3 is 0 Å². The van der Waals surface area contributed by atoms with Gasteiger partial charge in [-0.2, -0.15) is 0 Å². The molecule has 0 amide bonds. The van der Waals surface area contributed by atoms with Crippen molar-refractivity contribution < 1.29 is 0 Å². The molecule has 0 aliphatic heterocycles. The number of aryl methyl sites for hydroxylation is 1. The first-order chi connectivity index (χ1) is 9.83. The third-order valence-corrected chi connectivity index (χ3v) is 3.03. The predicted octanol–water partition coefficient (Wildman–Crippen LogP) is 2.58. The lowest BCUT2D eigenvalue weighted by atomic mass is 10.2. The van der Waals surface area contributed by atoms with Gasteiger partial charge in [-0.1, -0.05) is 23.4 Å². The number of hydrogen-bond donors (Lipinski definition) is 1. The summed E-state index contributed by atoms with van der Waals surface area (Å²) < 4.78 is 1.75. The second kappa shape index (κ2) is 5.52. The Balaban J connectivity index is 1.79. The zero-order valence-electron chi connectivity index (χ0n) is 11.2. The average molecular weight is 265 g/mol. The lowest BCUT2D eigenvalue weighted by Crippen LogP contribution is -2.05. The van der Waals surface area contributed by atoms with Gasteiger partial charge in [-0.25, -0.2) is 4.68 Å². The fourth-order valence-corrected chi connectivity index (χ4v) is 1.96. The first-order valence-electron chi connectivity index (χ1n) is 6.44. The maximum Gasteiger partial charge on any atom is 0.0894 e. The summed E-state index contributed by atoms with van der Waals surface area (Å²) in [4.78, 5) is 4.30. The summed E-state index contributed by atoms with van der Waals surface area (Å²) in [6.45, 7) is 2.70. The van der Waals surface area contributed by atoms with Crippen molar-refractivity contribution in [3.8, 4) is 5.69 Å². The molecule has 20 heavy (non-hydrogen) atoms. The Bertz CT molecular complexity index is 674. The molecule has 0 saturated carbocycles. The number of hydrogen-bond acceptors (Lipinski definition) is 4. The van der Waals surface area contributed by atoms with Crippen molar-refractivity contribution in [3.05, 3.63) is 66.2 Å². The van der Waals surface area contributed by atoms with Crippen molar-refractivity contribution in [2.24, 2.45) is 0 Å². The van der Waals surface area contributed by atoms with E-state index in [0.717, 1.165) is 29.2 Å². The van der Waals surface area contributed by atoms with E-state index in [-0.39, 0.29) is 0 Å². The van der Waals surface area contributed by atoms with Gasteiger partial charge in [0.15, 0.2) is 0 Å². The highest BCUT2D eigenvalue weighted by Gasteiger charge is 2.04. The minimum absolute atomic E-state index is 0.721. The second-order valence-corrected chi connectivity index (χ2v) is 4.53. The Morgan fingerprint density at radius 1 is 1.15 bits per heavy atom. The van der Waals surface area contributed by atoms with Crippen molar-refractivity contribution in [1.82, 2.24) is 20.0 Å². The summed E-state index contributed by atoms with van der Waals surface area (Å²) >= 11 is 0. The van der Waals surface area contributed by atoms with Gasteiger partial charge < -0.3 is 5.32 Å². The van der Waals surface area contributed by atoms with Gasteiger partial charge in [-0.15, -0.1) is 5.10 Å². The summed E-state index contributed by atoms with van der Waals surface area (Å²) in [5.74, 6) is 0. The fourth-order valence-electron chi connectivity index (χ4n) is 1.96. The molecule has 1 aromatic carbocycles. The van der Waals surface area contributed by atoms with Crippen molar-refractivity contribution in [2.45, 2.75) is 13.5 Å². The fraction of sp³-hybridized carbons (Fsp3) is 0.133. The molecular weight excluding hydrogens is 250 g/mol. The molecular formula is C15H15N5. The summed E-state index contributed by atoms with van der Waals surface area (Å²) in [5, 5.41) is 11.3. The van der Waals surface area contributed by atoms with E-state index in [4.69, 9.17) is 0 Å². The Morgan fingerprint density at radius 3 is 2.80 bits per heavy atom. The van der Waals surface area contributed by atoms with Crippen LogP contribution in [0.4, 0.5) is 5.69 Å². The van der Waals surface area contributed by atoms with Crippen LogP contribution in [0.5, 0.6) is 0 Å². The van der Waals surface area contributed by atoms with Crippen LogP contribution in [-0.4, -0.2) is 20.0 Å².